The second kappa shape index (κ2) is 6.90. The van der Waals surface area contributed by atoms with Crippen molar-refractivity contribution in [1.29, 1.82) is 0 Å². The van der Waals surface area contributed by atoms with Gasteiger partial charge < -0.3 is 14.8 Å². The number of likely N-dealkylation sites (tertiary alicyclic amines) is 1. The summed E-state index contributed by atoms with van der Waals surface area (Å²) in [6.45, 7) is 4.79. The van der Waals surface area contributed by atoms with E-state index in [1.165, 1.54) is 31.5 Å². The topological polar surface area (TPSA) is 65.7 Å². The van der Waals surface area contributed by atoms with E-state index in [1.54, 1.807) is 0 Å². The van der Waals surface area contributed by atoms with Gasteiger partial charge in [0.15, 0.2) is 5.75 Å². The minimum atomic E-state index is -0.346. The van der Waals surface area contributed by atoms with Gasteiger partial charge in [-0.3, -0.25) is 9.69 Å². The Bertz CT molecular complexity index is 488. The third kappa shape index (κ3) is 3.41. The second-order valence-electron chi connectivity index (χ2n) is 5.50. The Labute approximate surface area is 119 Å². The van der Waals surface area contributed by atoms with Gasteiger partial charge in [0.1, 0.15) is 0 Å². The van der Waals surface area contributed by atoms with E-state index in [0.717, 1.165) is 25.2 Å². The van der Waals surface area contributed by atoms with Crippen molar-refractivity contribution in [3.8, 4) is 5.75 Å². The highest BCUT2D eigenvalue weighted by atomic mass is 16.3. The fraction of sp³-hybridized carbons (Fsp3) is 0.667. The lowest BCUT2D eigenvalue weighted by molar-refractivity contribution is 0.196. The van der Waals surface area contributed by atoms with Crippen molar-refractivity contribution >= 4 is 0 Å². The molecule has 0 amide bonds. The summed E-state index contributed by atoms with van der Waals surface area (Å²) in [6, 6.07) is 1.41. The molecule has 1 aromatic rings. The standard InChI is InChI=1S/C15H24N2O3/c1-2-12(11-18)17-10-15(20)14(19)8-13(17)9-16-6-4-3-5-7-16/h8,10,12,18,20H,2-7,9,11H2,1H3. The Balaban J connectivity index is 2.28. The molecule has 1 aliphatic heterocycles. The maximum absolute atomic E-state index is 11.7. The first-order valence-electron chi connectivity index (χ1n) is 7.43. The average molecular weight is 280 g/mol. The molecule has 1 saturated heterocycles. The number of aliphatic hydroxyl groups excluding tert-OH is 1. The smallest absolute Gasteiger partial charge is 0.223 e. The molecule has 5 nitrogen and oxygen atoms in total. The Morgan fingerprint density at radius 2 is 2.00 bits per heavy atom. The lowest BCUT2D eigenvalue weighted by Gasteiger charge is -2.29. The van der Waals surface area contributed by atoms with E-state index in [2.05, 4.69) is 4.90 Å². The summed E-state index contributed by atoms with van der Waals surface area (Å²) in [5.41, 5.74) is 0.525. The summed E-state index contributed by atoms with van der Waals surface area (Å²) in [6.07, 6.45) is 5.88. The first kappa shape index (κ1) is 15.1. The van der Waals surface area contributed by atoms with Gasteiger partial charge in [0.2, 0.25) is 5.43 Å². The van der Waals surface area contributed by atoms with Crippen LogP contribution in [0.15, 0.2) is 17.1 Å². The van der Waals surface area contributed by atoms with Crippen molar-refractivity contribution in [3.63, 3.8) is 0 Å². The van der Waals surface area contributed by atoms with Gasteiger partial charge in [-0.2, -0.15) is 0 Å². The van der Waals surface area contributed by atoms with E-state index in [9.17, 15) is 15.0 Å². The molecule has 0 aliphatic carbocycles. The van der Waals surface area contributed by atoms with Gasteiger partial charge in [-0.15, -0.1) is 0 Å². The summed E-state index contributed by atoms with van der Waals surface area (Å²) in [5.74, 6) is -0.251. The molecule has 2 rings (SSSR count). The fourth-order valence-corrected chi connectivity index (χ4v) is 2.81. The second-order valence-corrected chi connectivity index (χ2v) is 5.50. The number of piperidine rings is 1. The Kier molecular flexibility index (Phi) is 5.20. The first-order chi connectivity index (χ1) is 9.65. The summed E-state index contributed by atoms with van der Waals surface area (Å²) in [7, 11) is 0. The molecular formula is C15H24N2O3. The number of aromatic hydroxyl groups is 1. The van der Waals surface area contributed by atoms with Crippen LogP contribution in [-0.2, 0) is 6.54 Å². The summed E-state index contributed by atoms with van der Waals surface area (Å²) < 4.78 is 1.85. The highest BCUT2D eigenvalue weighted by Gasteiger charge is 2.17. The number of aliphatic hydroxyl groups is 1. The van der Waals surface area contributed by atoms with Crippen LogP contribution in [0.3, 0.4) is 0 Å². The zero-order valence-electron chi connectivity index (χ0n) is 12.1. The van der Waals surface area contributed by atoms with Gasteiger partial charge in [0.25, 0.3) is 0 Å². The van der Waals surface area contributed by atoms with Gasteiger partial charge in [0, 0.05) is 18.3 Å². The zero-order valence-corrected chi connectivity index (χ0v) is 12.1. The quantitative estimate of drug-likeness (QED) is 0.857. The molecule has 2 heterocycles. The summed E-state index contributed by atoms with van der Waals surface area (Å²) in [5, 5.41) is 19.1. The highest BCUT2D eigenvalue weighted by molar-refractivity contribution is 5.21. The molecule has 0 bridgehead atoms. The SMILES string of the molecule is CCC(CO)n1cc(O)c(=O)cc1CN1CCCCC1. The van der Waals surface area contributed by atoms with E-state index in [1.807, 2.05) is 11.5 Å². The minimum Gasteiger partial charge on any atom is -0.503 e. The third-order valence-electron chi connectivity index (χ3n) is 4.05. The van der Waals surface area contributed by atoms with Crippen LogP contribution in [-0.4, -0.2) is 39.4 Å². The lowest BCUT2D eigenvalue weighted by atomic mass is 10.1. The summed E-state index contributed by atoms with van der Waals surface area (Å²) in [4.78, 5) is 14.0. The molecule has 0 radical (unpaired) electrons. The molecule has 0 saturated carbocycles. The van der Waals surface area contributed by atoms with Crippen molar-refractivity contribution in [1.82, 2.24) is 9.47 Å². The maximum atomic E-state index is 11.7. The highest BCUT2D eigenvalue weighted by Crippen LogP contribution is 2.19. The molecule has 0 aromatic carbocycles. The molecule has 1 unspecified atom stereocenters. The lowest BCUT2D eigenvalue weighted by Crippen LogP contribution is -2.32. The average Bonchev–Trinajstić information content (AvgIpc) is 2.46. The van der Waals surface area contributed by atoms with Crippen molar-refractivity contribution < 1.29 is 10.2 Å². The molecule has 1 aromatic heterocycles. The van der Waals surface area contributed by atoms with E-state index >= 15 is 0 Å². The van der Waals surface area contributed by atoms with Crippen molar-refractivity contribution in [2.45, 2.75) is 45.2 Å². The van der Waals surface area contributed by atoms with Crippen molar-refractivity contribution in [3.05, 3.63) is 28.2 Å². The van der Waals surface area contributed by atoms with Crippen LogP contribution in [0.1, 0.15) is 44.3 Å². The predicted molar refractivity (Wildman–Crippen MR) is 77.9 cm³/mol. The van der Waals surface area contributed by atoms with Crippen LogP contribution >= 0.6 is 0 Å². The molecule has 2 N–H and O–H groups in total. The Hall–Kier alpha value is -1.33. The van der Waals surface area contributed by atoms with Gasteiger partial charge >= 0.3 is 0 Å². The maximum Gasteiger partial charge on any atom is 0.223 e. The Morgan fingerprint density at radius 3 is 2.60 bits per heavy atom. The van der Waals surface area contributed by atoms with Crippen LogP contribution in [0.2, 0.25) is 0 Å². The molecule has 1 fully saturated rings. The molecule has 0 spiro atoms. The number of nitrogens with zero attached hydrogens (tertiary/aromatic N) is 2. The van der Waals surface area contributed by atoms with E-state index in [-0.39, 0.29) is 23.8 Å². The van der Waals surface area contributed by atoms with Crippen molar-refractivity contribution in [2.24, 2.45) is 0 Å². The zero-order chi connectivity index (χ0) is 14.5. The van der Waals surface area contributed by atoms with Crippen LogP contribution in [0, 0.1) is 0 Å². The van der Waals surface area contributed by atoms with Crippen LogP contribution in [0.5, 0.6) is 5.75 Å². The van der Waals surface area contributed by atoms with Gasteiger partial charge in [-0.25, -0.2) is 0 Å². The molecular weight excluding hydrogens is 256 g/mol. The molecule has 1 atom stereocenters. The van der Waals surface area contributed by atoms with E-state index < -0.39 is 0 Å². The third-order valence-corrected chi connectivity index (χ3v) is 4.05. The number of hydrogen-bond donors (Lipinski definition) is 2. The van der Waals surface area contributed by atoms with Gasteiger partial charge in [-0.1, -0.05) is 13.3 Å². The number of hydrogen-bond acceptors (Lipinski definition) is 4. The summed E-state index contributed by atoms with van der Waals surface area (Å²) >= 11 is 0. The molecule has 1 aliphatic rings. The van der Waals surface area contributed by atoms with Crippen LogP contribution < -0.4 is 5.43 Å². The van der Waals surface area contributed by atoms with Crippen molar-refractivity contribution in [2.75, 3.05) is 19.7 Å². The number of pyridine rings is 1. The van der Waals surface area contributed by atoms with Crippen LogP contribution in [0.25, 0.3) is 0 Å². The molecule has 20 heavy (non-hydrogen) atoms. The molecule has 5 heteroatoms. The number of rotatable bonds is 5. The Morgan fingerprint density at radius 1 is 1.30 bits per heavy atom. The number of aromatic nitrogens is 1. The van der Waals surface area contributed by atoms with Gasteiger partial charge in [-0.05, 0) is 32.4 Å². The van der Waals surface area contributed by atoms with Crippen LogP contribution in [0.4, 0.5) is 0 Å². The minimum absolute atomic E-state index is 0.00576. The monoisotopic (exact) mass is 280 g/mol. The molecule has 112 valence electrons. The van der Waals surface area contributed by atoms with E-state index in [4.69, 9.17) is 0 Å². The van der Waals surface area contributed by atoms with Gasteiger partial charge in [0.05, 0.1) is 18.8 Å². The normalized spacial score (nSPS) is 18.1. The predicted octanol–water partition coefficient (Wildman–Crippen LogP) is 1.48. The fourth-order valence-electron chi connectivity index (χ4n) is 2.81. The first-order valence-corrected chi connectivity index (χ1v) is 7.43. The largest absolute Gasteiger partial charge is 0.503 e. The van der Waals surface area contributed by atoms with E-state index in [0.29, 0.717) is 6.54 Å².